The van der Waals surface area contributed by atoms with Crippen molar-refractivity contribution in [3.63, 3.8) is 0 Å². The standard InChI is InChI=1S/C23H27FN4O3/c1-3-14(2)22(30)27-10-8-15(12-27)20-25-19-13-28(11-9-17(19)21(29)26-20)23(31)16-6-4-5-7-18(16)24/h4-7,14-15H,3,8-13H2,1-2H3,(H,25,26,29)/t14-,15+/m1/s1. The van der Waals surface area contributed by atoms with Crippen LogP contribution in [0.5, 0.6) is 0 Å². The van der Waals surface area contributed by atoms with Gasteiger partial charge in [-0.3, -0.25) is 14.4 Å². The van der Waals surface area contributed by atoms with Gasteiger partial charge >= 0.3 is 0 Å². The van der Waals surface area contributed by atoms with Gasteiger partial charge in [-0.15, -0.1) is 0 Å². The summed E-state index contributed by atoms with van der Waals surface area (Å²) in [5, 5.41) is 0. The quantitative estimate of drug-likeness (QED) is 0.814. The van der Waals surface area contributed by atoms with E-state index in [1.54, 1.807) is 12.1 Å². The number of carbonyl (C=O) groups excluding carboxylic acids is 2. The van der Waals surface area contributed by atoms with Gasteiger partial charge in [0.25, 0.3) is 11.5 Å². The van der Waals surface area contributed by atoms with Gasteiger partial charge in [-0.05, 0) is 31.4 Å². The third-order valence-corrected chi connectivity index (χ3v) is 6.40. The number of nitrogens with one attached hydrogen (secondary N) is 1. The first kappa shape index (κ1) is 21.2. The van der Waals surface area contributed by atoms with Crippen LogP contribution < -0.4 is 5.56 Å². The minimum atomic E-state index is -0.560. The number of amides is 2. The molecule has 0 radical (unpaired) electrons. The average molecular weight is 426 g/mol. The first-order chi connectivity index (χ1) is 14.9. The number of H-pyrrole nitrogens is 1. The monoisotopic (exact) mass is 426 g/mol. The second kappa shape index (κ2) is 8.61. The summed E-state index contributed by atoms with van der Waals surface area (Å²) in [6.45, 7) is 5.60. The molecule has 0 bridgehead atoms. The molecule has 8 heteroatoms. The van der Waals surface area contributed by atoms with Crippen LogP contribution >= 0.6 is 0 Å². The predicted octanol–water partition coefficient (Wildman–Crippen LogP) is 2.47. The van der Waals surface area contributed by atoms with Crippen LogP contribution in [-0.4, -0.2) is 51.2 Å². The molecule has 1 fully saturated rings. The average Bonchev–Trinajstić information content (AvgIpc) is 3.28. The third kappa shape index (κ3) is 4.11. The van der Waals surface area contributed by atoms with Crippen molar-refractivity contribution in [2.45, 2.75) is 45.6 Å². The van der Waals surface area contributed by atoms with E-state index in [1.165, 1.54) is 17.0 Å². The van der Waals surface area contributed by atoms with Crippen molar-refractivity contribution in [1.29, 1.82) is 0 Å². The molecule has 1 N–H and O–H groups in total. The summed E-state index contributed by atoms with van der Waals surface area (Å²) in [7, 11) is 0. The summed E-state index contributed by atoms with van der Waals surface area (Å²) >= 11 is 0. The number of nitrogens with zero attached hydrogens (tertiary/aromatic N) is 3. The molecule has 1 saturated heterocycles. The predicted molar refractivity (Wildman–Crippen MR) is 113 cm³/mol. The Hall–Kier alpha value is -3.03. The van der Waals surface area contributed by atoms with E-state index in [2.05, 4.69) is 9.97 Å². The zero-order chi connectivity index (χ0) is 22.1. The summed E-state index contributed by atoms with van der Waals surface area (Å²) in [5.74, 6) is -0.334. The highest BCUT2D eigenvalue weighted by Gasteiger charge is 2.32. The highest BCUT2D eigenvalue weighted by molar-refractivity contribution is 5.94. The largest absolute Gasteiger partial charge is 0.342 e. The van der Waals surface area contributed by atoms with E-state index in [0.717, 1.165) is 12.8 Å². The lowest BCUT2D eigenvalue weighted by Gasteiger charge is -2.28. The van der Waals surface area contributed by atoms with Crippen molar-refractivity contribution in [1.82, 2.24) is 19.8 Å². The van der Waals surface area contributed by atoms with Gasteiger partial charge in [0.15, 0.2) is 0 Å². The Morgan fingerprint density at radius 2 is 2.03 bits per heavy atom. The van der Waals surface area contributed by atoms with Crippen LogP contribution in [0.15, 0.2) is 29.1 Å². The highest BCUT2D eigenvalue weighted by atomic mass is 19.1. The van der Waals surface area contributed by atoms with Crippen molar-refractivity contribution < 1.29 is 14.0 Å². The van der Waals surface area contributed by atoms with Crippen LogP contribution in [0.2, 0.25) is 0 Å². The number of fused-ring (bicyclic) bond motifs is 1. The van der Waals surface area contributed by atoms with Gasteiger partial charge < -0.3 is 14.8 Å². The zero-order valence-electron chi connectivity index (χ0n) is 17.9. The fourth-order valence-electron chi connectivity index (χ4n) is 4.30. The van der Waals surface area contributed by atoms with E-state index in [-0.39, 0.29) is 35.4 Å². The van der Waals surface area contributed by atoms with Crippen LogP contribution in [0.1, 0.15) is 60.0 Å². The molecule has 164 valence electrons. The lowest BCUT2D eigenvalue weighted by Crippen LogP contribution is -2.40. The van der Waals surface area contributed by atoms with Crippen LogP contribution in [0.4, 0.5) is 4.39 Å². The Kier molecular flexibility index (Phi) is 5.89. The summed E-state index contributed by atoms with van der Waals surface area (Å²) in [6.07, 6.45) is 1.91. The number of benzene rings is 1. The smallest absolute Gasteiger partial charge is 0.257 e. The van der Waals surface area contributed by atoms with Gasteiger partial charge in [0.1, 0.15) is 11.6 Å². The minimum absolute atomic E-state index is 0.0194. The number of rotatable bonds is 4. The maximum Gasteiger partial charge on any atom is 0.257 e. The van der Waals surface area contributed by atoms with E-state index in [4.69, 9.17) is 0 Å². The molecule has 2 atom stereocenters. The molecule has 0 aliphatic carbocycles. The van der Waals surface area contributed by atoms with Gasteiger partial charge in [0.05, 0.1) is 17.8 Å². The topological polar surface area (TPSA) is 86.4 Å². The number of hydrogen-bond acceptors (Lipinski definition) is 4. The van der Waals surface area contributed by atoms with Crippen LogP contribution in [0, 0.1) is 11.7 Å². The van der Waals surface area contributed by atoms with Crippen LogP contribution in [-0.2, 0) is 17.8 Å². The normalized spacial score (nSPS) is 19.3. The molecular weight excluding hydrogens is 399 g/mol. The van der Waals surface area contributed by atoms with E-state index < -0.39 is 11.7 Å². The molecule has 31 heavy (non-hydrogen) atoms. The molecule has 1 aromatic carbocycles. The number of aromatic amines is 1. The minimum Gasteiger partial charge on any atom is -0.342 e. The zero-order valence-corrected chi connectivity index (χ0v) is 17.9. The molecule has 2 amide bonds. The highest BCUT2D eigenvalue weighted by Crippen LogP contribution is 2.27. The molecule has 2 aliphatic rings. The molecule has 7 nitrogen and oxygen atoms in total. The summed E-state index contributed by atoms with van der Waals surface area (Å²) < 4.78 is 14.1. The second-order valence-corrected chi connectivity index (χ2v) is 8.41. The summed E-state index contributed by atoms with van der Waals surface area (Å²) in [6, 6.07) is 5.90. The maximum absolute atomic E-state index is 14.1. The Morgan fingerprint density at radius 3 is 2.77 bits per heavy atom. The van der Waals surface area contributed by atoms with Crippen LogP contribution in [0.25, 0.3) is 0 Å². The number of hydrogen-bond donors (Lipinski definition) is 1. The first-order valence-electron chi connectivity index (χ1n) is 10.8. The van der Waals surface area contributed by atoms with Crippen molar-refractivity contribution in [2.75, 3.05) is 19.6 Å². The number of carbonyl (C=O) groups is 2. The number of likely N-dealkylation sites (tertiary alicyclic amines) is 1. The number of halogens is 1. The fourth-order valence-corrected chi connectivity index (χ4v) is 4.30. The molecule has 0 unspecified atom stereocenters. The molecule has 1 aromatic heterocycles. The summed E-state index contributed by atoms with van der Waals surface area (Å²) in [5.41, 5.74) is 0.962. The van der Waals surface area contributed by atoms with Crippen molar-refractivity contribution >= 4 is 11.8 Å². The number of aromatic nitrogens is 2. The SMILES string of the molecule is CC[C@@H](C)C(=O)N1CC[C@H](c2nc3c(c(=O)[nH]2)CCN(C(=O)c2ccccc2F)C3)C1. The summed E-state index contributed by atoms with van der Waals surface area (Å²) in [4.78, 5) is 48.9. The van der Waals surface area contributed by atoms with E-state index in [1.807, 2.05) is 18.7 Å². The van der Waals surface area contributed by atoms with Gasteiger partial charge in [-0.25, -0.2) is 9.37 Å². The molecule has 4 rings (SSSR count). The maximum atomic E-state index is 14.1. The van der Waals surface area contributed by atoms with Crippen molar-refractivity contribution in [2.24, 2.45) is 5.92 Å². The van der Waals surface area contributed by atoms with Crippen LogP contribution in [0.3, 0.4) is 0 Å². The van der Waals surface area contributed by atoms with Gasteiger partial charge in [-0.2, -0.15) is 0 Å². The Balaban J connectivity index is 1.54. The molecule has 2 aliphatic heterocycles. The molecule has 0 spiro atoms. The third-order valence-electron chi connectivity index (χ3n) is 6.40. The fraction of sp³-hybridized carbons (Fsp3) is 0.478. The van der Waals surface area contributed by atoms with Gasteiger partial charge in [-0.1, -0.05) is 26.0 Å². The second-order valence-electron chi connectivity index (χ2n) is 8.41. The molecule has 3 heterocycles. The van der Waals surface area contributed by atoms with Crippen molar-refractivity contribution in [3.05, 3.63) is 63.1 Å². The Morgan fingerprint density at radius 1 is 1.26 bits per heavy atom. The Labute approximate surface area is 180 Å². The lowest BCUT2D eigenvalue weighted by atomic mass is 10.0. The van der Waals surface area contributed by atoms with E-state index in [0.29, 0.717) is 43.1 Å². The first-order valence-corrected chi connectivity index (χ1v) is 10.8. The lowest BCUT2D eigenvalue weighted by molar-refractivity contribution is -0.134. The molecular formula is C23H27FN4O3. The van der Waals surface area contributed by atoms with Crippen molar-refractivity contribution in [3.8, 4) is 0 Å². The molecule has 0 saturated carbocycles. The Bertz CT molecular complexity index is 1070. The van der Waals surface area contributed by atoms with E-state index >= 15 is 0 Å². The van der Waals surface area contributed by atoms with Gasteiger partial charge in [0, 0.05) is 37.0 Å². The van der Waals surface area contributed by atoms with Gasteiger partial charge in [0.2, 0.25) is 5.91 Å². The molecule has 2 aromatic rings. The van der Waals surface area contributed by atoms with E-state index in [9.17, 15) is 18.8 Å².